The van der Waals surface area contributed by atoms with Crippen LogP contribution in [0.15, 0.2) is 11.6 Å². The monoisotopic (exact) mass is 198 g/mol. The number of carbonyl (C=O) groups excluding carboxylic acids is 1. The standard InChI is InChI=1S/C11H18O3/c1-4-5-6-8(2)11(12)13-7-10-9(3)14-10/h6,9-10H,4-5,7H2,1-3H3. The second kappa shape index (κ2) is 5.15. The number of hydrogen-bond acceptors (Lipinski definition) is 3. The maximum atomic E-state index is 11.3. The van der Waals surface area contributed by atoms with Gasteiger partial charge in [0.25, 0.3) is 0 Å². The highest BCUT2D eigenvalue weighted by molar-refractivity contribution is 5.87. The lowest BCUT2D eigenvalue weighted by atomic mass is 10.2. The molecule has 0 aliphatic carbocycles. The minimum absolute atomic E-state index is 0.123. The highest BCUT2D eigenvalue weighted by atomic mass is 16.6. The Morgan fingerprint density at radius 2 is 2.21 bits per heavy atom. The van der Waals surface area contributed by atoms with E-state index in [9.17, 15) is 4.79 Å². The quantitative estimate of drug-likeness (QED) is 0.385. The molecule has 2 atom stereocenters. The van der Waals surface area contributed by atoms with Gasteiger partial charge in [0.15, 0.2) is 0 Å². The minimum Gasteiger partial charge on any atom is -0.459 e. The minimum atomic E-state index is -0.221. The number of carbonyl (C=O) groups is 1. The highest BCUT2D eigenvalue weighted by Gasteiger charge is 2.35. The maximum absolute atomic E-state index is 11.3. The zero-order valence-corrected chi connectivity index (χ0v) is 9.08. The molecule has 0 saturated carbocycles. The molecule has 0 radical (unpaired) electrons. The molecule has 14 heavy (non-hydrogen) atoms. The lowest BCUT2D eigenvalue weighted by molar-refractivity contribution is -0.139. The molecule has 0 aromatic carbocycles. The molecule has 3 nitrogen and oxygen atoms in total. The Kier molecular flexibility index (Phi) is 4.14. The van der Waals surface area contributed by atoms with Crippen LogP contribution in [0.25, 0.3) is 0 Å². The van der Waals surface area contributed by atoms with Crippen molar-refractivity contribution in [2.45, 2.75) is 45.8 Å². The molecule has 1 aliphatic heterocycles. The van der Waals surface area contributed by atoms with Crippen molar-refractivity contribution in [2.24, 2.45) is 0 Å². The van der Waals surface area contributed by atoms with Crippen LogP contribution < -0.4 is 0 Å². The topological polar surface area (TPSA) is 38.8 Å². The van der Waals surface area contributed by atoms with Crippen molar-refractivity contribution < 1.29 is 14.3 Å². The molecule has 0 spiro atoms. The fourth-order valence-corrected chi connectivity index (χ4v) is 1.12. The Morgan fingerprint density at radius 3 is 2.71 bits per heavy atom. The van der Waals surface area contributed by atoms with E-state index in [2.05, 4.69) is 6.92 Å². The fraction of sp³-hybridized carbons (Fsp3) is 0.727. The number of allylic oxidation sites excluding steroid dienone is 1. The molecule has 80 valence electrons. The van der Waals surface area contributed by atoms with Gasteiger partial charge in [0, 0.05) is 5.57 Å². The van der Waals surface area contributed by atoms with E-state index in [-0.39, 0.29) is 18.2 Å². The van der Waals surface area contributed by atoms with Crippen molar-refractivity contribution in [3.8, 4) is 0 Å². The molecule has 0 bridgehead atoms. The summed E-state index contributed by atoms with van der Waals surface area (Å²) in [5.74, 6) is -0.221. The van der Waals surface area contributed by atoms with Gasteiger partial charge in [0.05, 0.1) is 6.10 Å². The van der Waals surface area contributed by atoms with Crippen molar-refractivity contribution in [1.29, 1.82) is 0 Å². The number of unbranched alkanes of at least 4 members (excludes halogenated alkanes) is 1. The third kappa shape index (κ3) is 3.50. The normalized spacial score (nSPS) is 26.1. The summed E-state index contributed by atoms with van der Waals surface area (Å²) in [4.78, 5) is 11.3. The van der Waals surface area contributed by atoms with Gasteiger partial charge in [-0.15, -0.1) is 0 Å². The molecule has 0 amide bonds. The van der Waals surface area contributed by atoms with Gasteiger partial charge in [0.1, 0.15) is 12.7 Å². The van der Waals surface area contributed by atoms with E-state index >= 15 is 0 Å². The largest absolute Gasteiger partial charge is 0.459 e. The first-order valence-electron chi connectivity index (χ1n) is 5.14. The predicted octanol–water partition coefficient (Wildman–Crippen LogP) is 2.06. The van der Waals surface area contributed by atoms with E-state index in [1.807, 2.05) is 13.0 Å². The molecule has 2 unspecified atom stereocenters. The Morgan fingerprint density at radius 1 is 1.57 bits per heavy atom. The maximum Gasteiger partial charge on any atom is 0.333 e. The van der Waals surface area contributed by atoms with Crippen LogP contribution in [0.3, 0.4) is 0 Å². The van der Waals surface area contributed by atoms with Crippen LogP contribution in [0.1, 0.15) is 33.6 Å². The van der Waals surface area contributed by atoms with Gasteiger partial charge >= 0.3 is 5.97 Å². The first-order chi connectivity index (χ1) is 6.65. The zero-order chi connectivity index (χ0) is 10.6. The molecule has 1 heterocycles. The zero-order valence-electron chi connectivity index (χ0n) is 9.08. The summed E-state index contributed by atoms with van der Waals surface area (Å²) < 4.78 is 10.2. The van der Waals surface area contributed by atoms with Crippen molar-refractivity contribution in [3.05, 3.63) is 11.6 Å². The molecular weight excluding hydrogens is 180 g/mol. The molecule has 1 fully saturated rings. The second-order valence-corrected chi connectivity index (χ2v) is 3.65. The van der Waals surface area contributed by atoms with E-state index in [0.717, 1.165) is 12.8 Å². The van der Waals surface area contributed by atoms with Crippen LogP contribution in [0.2, 0.25) is 0 Å². The number of epoxide rings is 1. The van der Waals surface area contributed by atoms with Crippen molar-refractivity contribution in [2.75, 3.05) is 6.61 Å². The van der Waals surface area contributed by atoms with Crippen molar-refractivity contribution in [1.82, 2.24) is 0 Å². The first kappa shape index (κ1) is 11.2. The fourth-order valence-electron chi connectivity index (χ4n) is 1.12. The van der Waals surface area contributed by atoms with Gasteiger partial charge in [-0.2, -0.15) is 0 Å². The lowest BCUT2D eigenvalue weighted by Crippen LogP contribution is -2.11. The van der Waals surface area contributed by atoms with Crippen LogP contribution in [0, 0.1) is 0 Å². The smallest absolute Gasteiger partial charge is 0.333 e. The van der Waals surface area contributed by atoms with Crippen LogP contribution in [-0.2, 0) is 14.3 Å². The summed E-state index contributed by atoms with van der Waals surface area (Å²) in [5, 5.41) is 0. The Balaban J connectivity index is 2.20. The van der Waals surface area contributed by atoms with Crippen molar-refractivity contribution >= 4 is 5.97 Å². The average Bonchev–Trinajstić information content (AvgIpc) is 2.87. The summed E-state index contributed by atoms with van der Waals surface area (Å²) >= 11 is 0. The summed E-state index contributed by atoms with van der Waals surface area (Å²) in [7, 11) is 0. The first-order valence-corrected chi connectivity index (χ1v) is 5.14. The summed E-state index contributed by atoms with van der Waals surface area (Å²) in [6.07, 6.45) is 4.27. The second-order valence-electron chi connectivity index (χ2n) is 3.65. The molecule has 1 saturated heterocycles. The van der Waals surface area contributed by atoms with Gasteiger partial charge in [-0.25, -0.2) is 4.79 Å². The number of esters is 1. The Bertz CT molecular complexity index is 233. The van der Waals surface area contributed by atoms with Crippen LogP contribution in [0.5, 0.6) is 0 Å². The molecule has 1 rings (SSSR count). The van der Waals surface area contributed by atoms with E-state index in [0.29, 0.717) is 12.2 Å². The Hall–Kier alpha value is -0.830. The highest BCUT2D eigenvalue weighted by Crippen LogP contribution is 2.21. The molecule has 0 aromatic heterocycles. The van der Waals surface area contributed by atoms with Gasteiger partial charge in [0.2, 0.25) is 0 Å². The van der Waals surface area contributed by atoms with Gasteiger partial charge < -0.3 is 9.47 Å². The summed E-state index contributed by atoms with van der Waals surface area (Å²) in [5.41, 5.74) is 0.695. The van der Waals surface area contributed by atoms with E-state index in [4.69, 9.17) is 9.47 Å². The molecular formula is C11H18O3. The third-order valence-electron chi connectivity index (χ3n) is 2.28. The van der Waals surface area contributed by atoms with Crippen LogP contribution in [-0.4, -0.2) is 24.8 Å². The average molecular weight is 198 g/mol. The molecule has 1 aliphatic rings. The van der Waals surface area contributed by atoms with Gasteiger partial charge in [-0.05, 0) is 20.3 Å². The van der Waals surface area contributed by atoms with Crippen LogP contribution in [0.4, 0.5) is 0 Å². The Labute approximate surface area is 85.1 Å². The van der Waals surface area contributed by atoms with Gasteiger partial charge in [-0.1, -0.05) is 19.4 Å². The van der Waals surface area contributed by atoms with E-state index in [1.165, 1.54) is 0 Å². The number of rotatable bonds is 5. The number of hydrogen-bond donors (Lipinski definition) is 0. The number of ether oxygens (including phenoxy) is 2. The summed E-state index contributed by atoms with van der Waals surface area (Å²) in [6.45, 7) is 6.22. The van der Waals surface area contributed by atoms with Crippen LogP contribution >= 0.6 is 0 Å². The predicted molar refractivity (Wildman–Crippen MR) is 54.0 cm³/mol. The summed E-state index contributed by atoms with van der Waals surface area (Å²) in [6, 6.07) is 0. The molecule has 0 N–H and O–H groups in total. The van der Waals surface area contributed by atoms with E-state index < -0.39 is 0 Å². The molecule has 3 heteroatoms. The third-order valence-corrected chi connectivity index (χ3v) is 2.28. The lowest BCUT2D eigenvalue weighted by Gasteiger charge is -2.02. The van der Waals surface area contributed by atoms with Crippen molar-refractivity contribution in [3.63, 3.8) is 0 Å². The van der Waals surface area contributed by atoms with Gasteiger partial charge in [-0.3, -0.25) is 0 Å². The SMILES string of the molecule is CCCC=C(C)C(=O)OCC1OC1C. The molecule has 0 aromatic rings. The van der Waals surface area contributed by atoms with E-state index in [1.54, 1.807) is 6.92 Å².